The molecule has 1 N–H and O–H groups in total. The van der Waals surface area contributed by atoms with Crippen LogP contribution in [-0.4, -0.2) is 61.7 Å². The van der Waals surface area contributed by atoms with Gasteiger partial charge in [0.15, 0.2) is 0 Å². The summed E-state index contributed by atoms with van der Waals surface area (Å²) in [4.78, 5) is 5.27. The smallest absolute Gasteiger partial charge is 0.0308 e. The van der Waals surface area contributed by atoms with Gasteiger partial charge < -0.3 is 15.1 Å². The van der Waals surface area contributed by atoms with E-state index in [1.54, 1.807) is 0 Å². The minimum Gasteiger partial charge on any atom is -0.310 e. The predicted octanol–water partition coefficient (Wildman–Crippen LogP) is 2.33. The molecular formula is C17H33N3. The van der Waals surface area contributed by atoms with Gasteiger partial charge in [0, 0.05) is 12.1 Å². The van der Waals surface area contributed by atoms with Crippen molar-refractivity contribution in [3.63, 3.8) is 0 Å². The van der Waals surface area contributed by atoms with E-state index in [1.807, 2.05) is 0 Å². The van der Waals surface area contributed by atoms with Gasteiger partial charge in [0.2, 0.25) is 0 Å². The lowest BCUT2D eigenvalue weighted by Crippen LogP contribution is -2.49. The predicted molar refractivity (Wildman–Crippen MR) is 85.1 cm³/mol. The third kappa shape index (κ3) is 3.75. The molecular weight excluding hydrogens is 246 g/mol. The SMILES string of the molecule is CN1CCC(CCN2CCCNC3(CCCC3)C2)CC1. The normalized spacial score (nSPS) is 29.9. The molecule has 3 rings (SSSR count). The van der Waals surface area contributed by atoms with E-state index in [-0.39, 0.29) is 0 Å². The number of hydrogen-bond acceptors (Lipinski definition) is 3. The molecule has 0 unspecified atom stereocenters. The minimum absolute atomic E-state index is 0.489. The van der Waals surface area contributed by atoms with Crippen LogP contribution in [0, 0.1) is 5.92 Å². The average molecular weight is 279 g/mol. The van der Waals surface area contributed by atoms with Crippen LogP contribution >= 0.6 is 0 Å². The van der Waals surface area contributed by atoms with E-state index in [0.717, 1.165) is 5.92 Å². The summed E-state index contributed by atoms with van der Waals surface area (Å²) in [5, 5.41) is 3.88. The fourth-order valence-corrected chi connectivity index (χ4v) is 4.51. The monoisotopic (exact) mass is 279 g/mol. The summed E-state index contributed by atoms with van der Waals surface area (Å²) in [7, 11) is 2.26. The first-order valence-corrected chi connectivity index (χ1v) is 8.92. The van der Waals surface area contributed by atoms with Gasteiger partial charge in [0.25, 0.3) is 0 Å². The lowest BCUT2D eigenvalue weighted by Gasteiger charge is -2.35. The Balaban J connectivity index is 1.46. The number of rotatable bonds is 3. The Labute approximate surface area is 125 Å². The second-order valence-electron chi connectivity index (χ2n) is 7.58. The standard InChI is InChI=1S/C17H33N3/c1-19-12-5-16(6-13-19)7-14-20-11-4-10-18-17(15-20)8-2-3-9-17/h16,18H,2-15H2,1H3. The van der Waals surface area contributed by atoms with Crippen LogP contribution in [0.15, 0.2) is 0 Å². The minimum atomic E-state index is 0.489. The third-order valence-corrected chi connectivity index (χ3v) is 5.93. The van der Waals surface area contributed by atoms with Gasteiger partial charge in [-0.3, -0.25) is 0 Å². The molecule has 0 amide bonds. The van der Waals surface area contributed by atoms with Crippen molar-refractivity contribution >= 4 is 0 Å². The first-order valence-electron chi connectivity index (χ1n) is 8.92. The molecule has 1 spiro atoms. The van der Waals surface area contributed by atoms with E-state index in [2.05, 4.69) is 22.2 Å². The van der Waals surface area contributed by atoms with E-state index >= 15 is 0 Å². The van der Waals surface area contributed by atoms with Crippen molar-refractivity contribution in [1.29, 1.82) is 0 Å². The van der Waals surface area contributed by atoms with Crippen molar-refractivity contribution in [3.8, 4) is 0 Å². The highest BCUT2D eigenvalue weighted by Crippen LogP contribution is 2.32. The Morgan fingerprint density at radius 1 is 1.05 bits per heavy atom. The summed E-state index contributed by atoms with van der Waals surface area (Å²) in [6, 6.07) is 0. The second-order valence-corrected chi connectivity index (χ2v) is 7.58. The highest BCUT2D eigenvalue weighted by Gasteiger charge is 2.36. The molecule has 3 nitrogen and oxygen atoms in total. The third-order valence-electron chi connectivity index (χ3n) is 5.93. The largest absolute Gasteiger partial charge is 0.310 e. The van der Waals surface area contributed by atoms with E-state index in [9.17, 15) is 0 Å². The molecule has 2 aliphatic heterocycles. The molecule has 1 saturated carbocycles. The molecule has 2 saturated heterocycles. The highest BCUT2D eigenvalue weighted by molar-refractivity contribution is 4.96. The Morgan fingerprint density at radius 2 is 1.80 bits per heavy atom. The molecule has 0 aromatic rings. The van der Waals surface area contributed by atoms with Gasteiger partial charge in [0.05, 0.1) is 0 Å². The molecule has 0 radical (unpaired) electrons. The summed E-state index contributed by atoms with van der Waals surface area (Å²) in [6.45, 7) is 7.86. The topological polar surface area (TPSA) is 18.5 Å². The van der Waals surface area contributed by atoms with Crippen molar-refractivity contribution in [1.82, 2.24) is 15.1 Å². The zero-order valence-electron chi connectivity index (χ0n) is 13.4. The van der Waals surface area contributed by atoms with Crippen LogP contribution in [0.25, 0.3) is 0 Å². The van der Waals surface area contributed by atoms with Crippen LogP contribution in [0.4, 0.5) is 0 Å². The summed E-state index contributed by atoms with van der Waals surface area (Å²) in [5.74, 6) is 0.988. The van der Waals surface area contributed by atoms with Crippen LogP contribution in [0.2, 0.25) is 0 Å². The fraction of sp³-hybridized carbons (Fsp3) is 1.00. The number of likely N-dealkylation sites (tertiary alicyclic amines) is 1. The van der Waals surface area contributed by atoms with Gasteiger partial charge in [-0.25, -0.2) is 0 Å². The first kappa shape index (κ1) is 14.8. The molecule has 3 fully saturated rings. The van der Waals surface area contributed by atoms with Crippen LogP contribution in [-0.2, 0) is 0 Å². The van der Waals surface area contributed by atoms with Gasteiger partial charge >= 0.3 is 0 Å². The zero-order valence-corrected chi connectivity index (χ0v) is 13.4. The van der Waals surface area contributed by atoms with Gasteiger partial charge in [0.1, 0.15) is 0 Å². The van der Waals surface area contributed by atoms with E-state index in [1.165, 1.54) is 90.6 Å². The Kier molecular flexibility index (Phi) is 5.00. The molecule has 1 aliphatic carbocycles. The Hall–Kier alpha value is -0.120. The first-order chi connectivity index (χ1) is 9.76. The van der Waals surface area contributed by atoms with E-state index in [4.69, 9.17) is 0 Å². The molecule has 0 bridgehead atoms. The zero-order chi connectivity index (χ0) is 13.8. The number of piperidine rings is 1. The highest BCUT2D eigenvalue weighted by atomic mass is 15.2. The molecule has 3 aliphatic rings. The van der Waals surface area contributed by atoms with Gasteiger partial charge in [-0.15, -0.1) is 0 Å². The van der Waals surface area contributed by atoms with Crippen molar-refractivity contribution in [3.05, 3.63) is 0 Å². The van der Waals surface area contributed by atoms with E-state index in [0.29, 0.717) is 5.54 Å². The maximum Gasteiger partial charge on any atom is 0.0308 e. The van der Waals surface area contributed by atoms with Crippen LogP contribution in [0.1, 0.15) is 51.4 Å². The lowest BCUT2D eigenvalue weighted by molar-refractivity contribution is 0.169. The molecule has 0 atom stereocenters. The van der Waals surface area contributed by atoms with Crippen LogP contribution < -0.4 is 5.32 Å². The van der Waals surface area contributed by atoms with Gasteiger partial charge in [-0.05, 0) is 84.2 Å². The summed E-state index contributed by atoms with van der Waals surface area (Å²) < 4.78 is 0. The van der Waals surface area contributed by atoms with Crippen LogP contribution in [0.3, 0.4) is 0 Å². The molecule has 3 heteroatoms. The van der Waals surface area contributed by atoms with Crippen molar-refractivity contribution in [2.75, 3.05) is 46.3 Å². The van der Waals surface area contributed by atoms with Gasteiger partial charge in [-0.1, -0.05) is 12.8 Å². The summed E-state index contributed by atoms with van der Waals surface area (Å²) >= 11 is 0. The summed E-state index contributed by atoms with van der Waals surface area (Å²) in [5.41, 5.74) is 0.489. The molecule has 0 aromatic carbocycles. The van der Waals surface area contributed by atoms with Crippen molar-refractivity contribution in [2.45, 2.75) is 56.9 Å². The molecule has 116 valence electrons. The number of nitrogens with zero attached hydrogens (tertiary/aromatic N) is 2. The van der Waals surface area contributed by atoms with E-state index < -0.39 is 0 Å². The Bertz CT molecular complexity index is 291. The van der Waals surface area contributed by atoms with Crippen molar-refractivity contribution < 1.29 is 0 Å². The summed E-state index contributed by atoms with van der Waals surface area (Å²) in [6.07, 6.45) is 11.3. The van der Waals surface area contributed by atoms with Crippen LogP contribution in [0.5, 0.6) is 0 Å². The molecule has 20 heavy (non-hydrogen) atoms. The Morgan fingerprint density at radius 3 is 2.55 bits per heavy atom. The van der Waals surface area contributed by atoms with Gasteiger partial charge in [-0.2, -0.15) is 0 Å². The maximum absolute atomic E-state index is 3.88. The molecule has 0 aromatic heterocycles. The fourth-order valence-electron chi connectivity index (χ4n) is 4.51. The van der Waals surface area contributed by atoms with Crippen molar-refractivity contribution in [2.24, 2.45) is 5.92 Å². The number of hydrogen-bond donors (Lipinski definition) is 1. The quantitative estimate of drug-likeness (QED) is 0.855. The average Bonchev–Trinajstić information content (AvgIpc) is 2.80. The second kappa shape index (κ2) is 6.76. The number of nitrogens with one attached hydrogen (secondary N) is 1. The maximum atomic E-state index is 3.88. The lowest BCUT2D eigenvalue weighted by atomic mass is 9.93. The molecule has 2 heterocycles.